The highest BCUT2D eigenvalue weighted by Crippen LogP contribution is 2.43. The van der Waals surface area contributed by atoms with Gasteiger partial charge in [-0.2, -0.15) is 13.2 Å². The molecule has 0 amide bonds. The first-order valence-corrected chi connectivity index (χ1v) is 5.77. The second kappa shape index (κ2) is 5.45. The van der Waals surface area contributed by atoms with E-state index in [1.165, 1.54) is 26.4 Å². The lowest BCUT2D eigenvalue weighted by molar-refractivity contribution is -0.137. The number of hydrogen-bond acceptors (Lipinski definition) is 2. The molecule has 1 radical (unpaired) electrons. The van der Waals surface area contributed by atoms with Crippen LogP contribution in [0.1, 0.15) is 5.56 Å². The van der Waals surface area contributed by atoms with Crippen LogP contribution >= 0.6 is 0 Å². The van der Waals surface area contributed by atoms with Gasteiger partial charge in [0.1, 0.15) is 0 Å². The maximum atomic E-state index is 13.1. The van der Waals surface area contributed by atoms with E-state index in [-0.39, 0.29) is 11.3 Å². The van der Waals surface area contributed by atoms with Gasteiger partial charge in [-0.1, -0.05) is 24.3 Å². The third-order valence-corrected chi connectivity index (χ3v) is 2.86. The highest BCUT2D eigenvalue weighted by atomic mass is 19.4. The smallest absolute Gasteiger partial charge is 0.417 e. The molecule has 0 atom stereocenters. The van der Waals surface area contributed by atoms with E-state index in [1.807, 2.05) is 0 Å². The molecule has 0 aromatic heterocycles. The van der Waals surface area contributed by atoms with E-state index in [0.717, 1.165) is 6.07 Å². The molecule has 0 saturated heterocycles. The molecule has 105 valence electrons. The highest BCUT2D eigenvalue weighted by Gasteiger charge is 2.34. The summed E-state index contributed by atoms with van der Waals surface area (Å²) in [5.41, 5.74) is -0.397. The van der Waals surface area contributed by atoms with Gasteiger partial charge in [0.15, 0.2) is 11.5 Å². The summed E-state index contributed by atoms with van der Waals surface area (Å²) in [6.07, 6.45) is -4.46. The molecular formula is C15H12F3O2. The lowest BCUT2D eigenvalue weighted by atomic mass is 9.98. The molecule has 2 rings (SSSR count). The fraction of sp³-hybridized carbons (Fsp3) is 0.200. The number of alkyl halides is 3. The van der Waals surface area contributed by atoms with Crippen LogP contribution in [0.2, 0.25) is 0 Å². The minimum Gasteiger partial charge on any atom is -0.493 e. The van der Waals surface area contributed by atoms with Crippen LogP contribution in [0, 0.1) is 6.07 Å². The van der Waals surface area contributed by atoms with Crippen LogP contribution < -0.4 is 9.47 Å². The minimum absolute atomic E-state index is 0.0343. The summed E-state index contributed by atoms with van der Waals surface area (Å²) in [6.45, 7) is 0. The average molecular weight is 281 g/mol. The normalized spacial score (nSPS) is 11.2. The first-order chi connectivity index (χ1) is 9.49. The molecule has 0 spiro atoms. The Labute approximate surface area is 114 Å². The van der Waals surface area contributed by atoms with E-state index in [4.69, 9.17) is 9.47 Å². The van der Waals surface area contributed by atoms with Crippen LogP contribution in [0.4, 0.5) is 13.2 Å². The Morgan fingerprint density at radius 2 is 1.75 bits per heavy atom. The number of benzene rings is 2. The summed E-state index contributed by atoms with van der Waals surface area (Å²) in [7, 11) is 2.83. The van der Waals surface area contributed by atoms with Gasteiger partial charge in [-0.15, -0.1) is 0 Å². The van der Waals surface area contributed by atoms with E-state index in [1.54, 1.807) is 18.2 Å². The first kappa shape index (κ1) is 14.2. The van der Waals surface area contributed by atoms with Crippen molar-refractivity contribution in [2.75, 3.05) is 14.2 Å². The van der Waals surface area contributed by atoms with Crippen LogP contribution in [0.5, 0.6) is 11.5 Å². The number of rotatable bonds is 3. The zero-order valence-corrected chi connectivity index (χ0v) is 10.9. The van der Waals surface area contributed by atoms with Crippen molar-refractivity contribution >= 4 is 0 Å². The van der Waals surface area contributed by atoms with Gasteiger partial charge in [0.05, 0.1) is 19.8 Å². The van der Waals surface area contributed by atoms with Gasteiger partial charge in [0.25, 0.3) is 0 Å². The lowest BCUT2D eigenvalue weighted by Crippen LogP contribution is -2.07. The van der Waals surface area contributed by atoms with E-state index in [9.17, 15) is 13.2 Å². The monoisotopic (exact) mass is 281 g/mol. The van der Waals surface area contributed by atoms with Gasteiger partial charge in [-0.25, -0.2) is 0 Å². The Bertz CT molecular complexity index is 606. The second-order valence-electron chi connectivity index (χ2n) is 4.01. The quantitative estimate of drug-likeness (QED) is 0.839. The number of halogens is 3. The zero-order chi connectivity index (χ0) is 14.8. The fourth-order valence-electron chi connectivity index (χ4n) is 2.00. The van der Waals surface area contributed by atoms with Crippen molar-refractivity contribution in [3.8, 4) is 22.6 Å². The molecule has 0 bridgehead atoms. The molecule has 20 heavy (non-hydrogen) atoms. The van der Waals surface area contributed by atoms with Crippen molar-refractivity contribution in [1.29, 1.82) is 0 Å². The predicted molar refractivity (Wildman–Crippen MR) is 68.8 cm³/mol. The van der Waals surface area contributed by atoms with Crippen LogP contribution in [0.15, 0.2) is 36.4 Å². The number of para-hydroxylation sites is 1. The summed E-state index contributed by atoms with van der Waals surface area (Å²) >= 11 is 0. The highest BCUT2D eigenvalue weighted by molar-refractivity contribution is 5.76. The molecule has 2 nitrogen and oxygen atoms in total. The summed E-state index contributed by atoms with van der Waals surface area (Å²) in [6, 6.07) is 11.0. The number of hydrogen-bond donors (Lipinski definition) is 0. The molecule has 0 aliphatic heterocycles. The van der Waals surface area contributed by atoms with Crippen LogP contribution in [0.25, 0.3) is 11.1 Å². The maximum Gasteiger partial charge on any atom is 0.417 e. The molecule has 0 saturated carbocycles. The Balaban J connectivity index is 2.70. The lowest BCUT2D eigenvalue weighted by Gasteiger charge is -2.16. The molecule has 0 aliphatic carbocycles. The van der Waals surface area contributed by atoms with Gasteiger partial charge in [0, 0.05) is 5.56 Å². The van der Waals surface area contributed by atoms with Crippen molar-refractivity contribution in [1.82, 2.24) is 0 Å². The minimum atomic E-state index is -4.46. The van der Waals surface area contributed by atoms with Gasteiger partial charge in [-0.05, 0) is 23.8 Å². The Morgan fingerprint density at radius 1 is 1.00 bits per heavy atom. The van der Waals surface area contributed by atoms with Crippen LogP contribution in [0.3, 0.4) is 0 Å². The summed E-state index contributed by atoms with van der Waals surface area (Å²) in [5.74, 6) is 0.651. The van der Waals surface area contributed by atoms with E-state index >= 15 is 0 Å². The molecular weight excluding hydrogens is 269 g/mol. The Kier molecular flexibility index (Phi) is 3.88. The van der Waals surface area contributed by atoms with Gasteiger partial charge >= 0.3 is 6.18 Å². The predicted octanol–water partition coefficient (Wildman–Crippen LogP) is 4.19. The maximum absolute atomic E-state index is 13.1. The van der Waals surface area contributed by atoms with Crippen molar-refractivity contribution in [3.05, 3.63) is 48.0 Å². The Hall–Kier alpha value is -2.17. The number of methoxy groups -OCH3 is 2. The van der Waals surface area contributed by atoms with Crippen molar-refractivity contribution in [2.45, 2.75) is 6.18 Å². The largest absolute Gasteiger partial charge is 0.493 e. The molecule has 0 N–H and O–H groups in total. The van der Waals surface area contributed by atoms with Crippen molar-refractivity contribution < 1.29 is 22.6 Å². The SMILES string of the molecule is COc1cccc(-c2cc[c]cc2C(F)(F)F)c1OC. The van der Waals surface area contributed by atoms with Crippen LogP contribution in [-0.2, 0) is 6.18 Å². The topological polar surface area (TPSA) is 18.5 Å². The third kappa shape index (κ3) is 2.57. The molecule has 2 aromatic rings. The molecule has 0 heterocycles. The summed E-state index contributed by atoms with van der Waals surface area (Å²) < 4.78 is 49.5. The standard InChI is InChI=1S/C15H12F3O2/c1-19-13-9-5-7-11(14(13)20-2)10-6-3-4-8-12(10)15(16,17)18/h3,5-9H,1-2H3. The Morgan fingerprint density at radius 3 is 2.35 bits per heavy atom. The summed E-state index contributed by atoms with van der Waals surface area (Å²) in [4.78, 5) is 0. The third-order valence-electron chi connectivity index (χ3n) is 2.86. The van der Waals surface area contributed by atoms with E-state index < -0.39 is 11.7 Å². The molecule has 0 unspecified atom stereocenters. The summed E-state index contributed by atoms with van der Waals surface area (Å²) in [5, 5.41) is 0. The number of ether oxygens (including phenoxy) is 2. The van der Waals surface area contributed by atoms with Gasteiger partial charge in [-0.3, -0.25) is 0 Å². The van der Waals surface area contributed by atoms with Crippen molar-refractivity contribution in [3.63, 3.8) is 0 Å². The first-order valence-electron chi connectivity index (χ1n) is 5.77. The second-order valence-corrected chi connectivity index (χ2v) is 4.01. The molecule has 5 heteroatoms. The van der Waals surface area contributed by atoms with E-state index in [2.05, 4.69) is 6.07 Å². The average Bonchev–Trinajstić information content (AvgIpc) is 2.45. The van der Waals surface area contributed by atoms with Gasteiger partial charge in [0.2, 0.25) is 0 Å². The fourth-order valence-corrected chi connectivity index (χ4v) is 2.00. The zero-order valence-electron chi connectivity index (χ0n) is 10.9. The van der Waals surface area contributed by atoms with Gasteiger partial charge < -0.3 is 9.47 Å². The molecule has 0 aliphatic rings. The van der Waals surface area contributed by atoms with E-state index in [0.29, 0.717) is 11.3 Å². The van der Waals surface area contributed by atoms with Crippen molar-refractivity contribution in [2.24, 2.45) is 0 Å². The molecule has 2 aromatic carbocycles. The van der Waals surface area contributed by atoms with Crippen LogP contribution in [-0.4, -0.2) is 14.2 Å². The molecule has 0 fully saturated rings.